The van der Waals surface area contributed by atoms with Crippen molar-refractivity contribution in [1.29, 1.82) is 0 Å². The number of hydrogen-bond donors (Lipinski definition) is 2. The van der Waals surface area contributed by atoms with E-state index in [1.807, 2.05) is 38.3 Å². The Labute approximate surface area is 168 Å². The van der Waals surface area contributed by atoms with Crippen molar-refractivity contribution in [3.8, 4) is 5.69 Å². The number of benzene rings is 1. The Balaban J connectivity index is 2.12. The molecule has 0 saturated carbocycles. The van der Waals surface area contributed by atoms with Crippen LogP contribution in [-0.4, -0.2) is 28.6 Å². The van der Waals surface area contributed by atoms with E-state index in [9.17, 15) is 9.59 Å². The fourth-order valence-corrected chi connectivity index (χ4v) is 3.05. The third-order valence-corrected chi connectivity index (χ3v) is 4.34. The number of halogens is 2. The summed E-state index contributed by atoms with van der Waals surface area (Å²) in [6, 6.07) is 7.18. The number of hydrogen-bond acceptors (Lipinski definition) is 3. The molecule has 2 aromatic rings. The number of hydrazone groups is 1. The Kier molecular flexibility index (Phi) is 7.05. The lowest BCUT2D eigenvalue weighted by Crippen LogP contribution is -2.34. The van der Waals surface area contributed by atoms with Gasteiger partial charge in [0.05, 0.1) is 16.9 Å². The first-order valence-electron chi connectivity index (χ1n) is 8.44. The molecule has 1 heterocycles. The molecule has 0 atom stereocenters. The van der Waals surface area contributed by atoms with Crippen LogP contribution in [-0.2, 0) is 9.59 Å². The summed E-state index contributed by atoms with van der Waals surface area (Å²) in [7, 11) is 0. The van der Waals surface area contributed by atoms with Crippen molar-refractivity contribution in [1.82, 2.24) is 15.3 Å². The monoisotopic (exact) mass is 408 g/mol. The van der Waals surface area contributed by atoms with E-state index in [0.717, 1.165) is 22.6 Å². The van der Waals surface area contributed by atoms with Gasteiger partial charge in [-0.2, -0.15) is 5.10 Å². The number of nitrogens with zero attached hydrogens (tertiary/aromatic N) is 2. The van der Waals surface area contributed by atoms with E-state index >= 15 is 0 Å². The van der Waals surface area contributed by atoms with Crippen molar-refractivity contribution < 1.29 is 9.59 Å². The predicted molar refractivity (Wildman–Crippen MR) is 109 cm³/mol. The molecular formula is C19H22Cl2N4O2. The topological polar surface area (TPSA) is 75.5 Å². The molecule has 2 amide bonds. The summed E-state index contributed by atoms with van der Waals surface area (Å²) in [5, 5.41) is 7.76. The third-order valence-electron chi connectivity index (χ3n) is 3.78. The summed E-state index contributed by atoms with van der Waals surface area (Å²) in [5.74, 6) is -0.817. The Bertz CT molecular complexity index is 888. The van der Waals surface area contributed by atoms with Gasteiger partial charge in [-0.25, -0.2) is 5.43 Å². The number of amides is 2. The van der Waals surface area contributed by atoms with Crippen molar-refractivity contribution in [3.05, 3.63) is 51.3 Å². The first-order chi connectivity index (χ1) is 12.7. The first kappa shape index (κ1) is 21.0. The van der Waals surface area contributed by atoms with Crippen LogP contribution in [0.5, 0.6) is 0 Å². The average molecular weight is 409 g/mol. The second-order valence-electron chi connectivity index (χ2n) is 6.45. The highest BCUT2D eigenvalue weighted by molar-refractivity contribution is 6.34. The van der Waals surface area contributed by atoms with E-state index in [-0.39, 0.29) is 18.4 Å². The van der Waals surface area contributed by atoms with Gasteiger partial charge in [-0.15, -0.1) is 0 Å². The van der Waals surface area contributed by atoms with Gasteiger partial charge < -0.3 is 9.88 Å². The molecule has 0 bridgehead atoms. The zero-order chi connectivity index (χ0) is 20.1. The molecule has 144 valence electrons. The minimum atomic E-state index is -0.476. The Morgan fingerprint density at radius 2 is 1.89 bits per heavy atom. The molecule has 0 radical (unpaired) electrons. The Morgan fingerprint density at radius 3 is 2.56 bits per heavy atom. The molecule has 1 aromatic carbocycles. The molecule has 0 saturated heterocycles. The van der Waals surface area contributed by atoms with E-state index in [1.165, 1.54) is 6.21 Å². The van der Waals surface area contributed by atoms with Crippen LogP contribution < -0.4 is 10.7 Å². The third kappa shape index (κ3) is 5.58. The number of aryl methyl sites for hydroxylation is 1. The zero-order valence-corrected chi connectivity index (χ0v) is 17.1. The quantitative estimate of drug-likeness (QED) is 0.433. The minimum Gasteiger partial charge on any atom is -0.353 e. The molecule has 0 aliphatic heterocycles. The second-order valence-corrected chi connectivity index (χ2v) is 7.29. The zero-order valence-electron chi connectivity index (χ0n) is 15.6. The fraction of sp³-hybridized carbons (Fsp3) is 0.316. The molecule has 0 aliphatic rings. The summed E-state index contributed by atoms with van der Waals surface area (Å²) in [6.07, 6.45) is 1.27. The summed E-state index contributed by atoms with van der Waals surface area (Å²) in [5.41, 5.74) is 5.79. The van der Waals surface area contributed by atoms with E-state index < -0.39 is 5.91 Å². The van der Waals surface area contributed by atoms with Crippen LogP contribution >= 0.6 is 23.2 Å². The van der Waals surface area contributed by atoms with Gasteiger partial charge in [-0.1, -0.05) is 23.2 Å². The SMILES string of the molecule is Cc1cc(/C=N/NC(=O)CC(=O)NC(C)C)c(C)n1-c1cc(Cl)ccc1Cl. The molecule has 2 N–H and O–H groups in total. The maximum absolute atomic E-state index is 11.8. The highest BCUT2D eigenvalue weighted by Crippen LogP contribution is 2.28. The van der Waals surface area contributed by atoms with Crippen molar-refractivity contribution >= 4 is 41.2 Å². The van der Waals surface area contributed by atoms with Gasteiger partial charge >= 0.3 is 0 Å². The van der Waals surface area contributed by atoms with Crippen LogP contribution in [0, 0.1) is 13.8 Å². The standard InChI is InChI=1S/C19H22Cl2N4O2/c1-11(2)23-18(26)9-19(27)24-22-10-14-7-12(3)25(13(14)4)17-8-15(20)5-6-16(17)21/h5-8,10-11H,9H2,1-4H3,(H,23,26)(H,24,27)/b22-10+. The maximum atomic E-state index is 11.8. The first-order valence-corrected chi connectivity index (χ1v) is 9.20. The van der Waals surface area contributed by atoms with Gasteiger partial charge in [-0.05, 0) is 52.0 Å². The largest absolute Gasteiger partial charge is 0.353 e. The van der Waals surface area contributed by atoms with Crippen LogP contribution in [0.25, 0.3) is 5.69 Å². The lowest BCUT2D eigenvalue weighted by molar-refractivity contribution is -0.129. The van der Waals surface area contributed by atoms with Crippen LogP contribution in [0.2, 0.25) is 10.0 Å². The molecule has 6 nitrogen and oxygen atoms in total. The average Bonchev–Trinajstić information content (AvgIpc) is 2.83. The summed E-state index contributed by atoms with van der Waals surface area (Å²) < 4.78 is 1.97. The van der Waals surface area contributed by atoms with Crippen molar-refractivity contribution in [3.63, 3.8) is 0 Å². The Hall–Kier alpha value is -2.31. The summed E-state index contributed by atoms with van der Waals surface area (Å²) in [4.78, 5) is 23.3. The minimum absolute atomic E-state index is 0.0162. The highest BCUT2D eigenvalue weighted by atomic mass is 35.5. The number of carbonyl (C=O) groups is 2. The van der Waals surface area contributed by atoms with Crippen LogP contribution in [0.1, 0.15) is 37.2 Å². The number of nitrogens with one attached hydrogen (secondary N) is 2. The fourth-order valence-electron chi connectivity index (χ4n) is 2.68. The summed E-state index contributed by atoms with van der Waals surface area (Å²) in [6.45, 7) is 7.52. The molecule has 1 aromatic heterocycles. The molecule has 27 heavy (non-hydrogen) atoms. The van der Waals surface area contributed by atoms with Gasteiger partial charge in [0.25, 0.3) is 0 Å². The highest BCUT2D eigenvalue weighted by Gasteiger charge is 2.13. The second kappa shape index (κ2) is 9.06. The smallest absolute Gasteiger partial charge is 0.249 e. The number of carbonyl (C=O) groups excluding carboxylic acids is 2. The lowest BCUT2D eigenvalue weighted by Gasteiger charge is -2.12. The Morgan fingerprint density at radius 1 is 1.19 bits per heavy atom. The molecule has 2 rings (SSSR count). The van der Waals surface area contributed by atoms with Gasteiger partial charge in [0.1, 0.15) is 6.42 Å². The molecule has 8 heteroatoms. The maximum Gasteiger partial charge on any atom is 0.249 e. The van der Waals surface area contributed by atoms with Crippen molar-refractivity contribution in [2.24, 2.45) is 5.10 Å². The van der Waals surface area contributed by atoms with Crippen LogP contribution in [0.3, 0.4) is 0 Å². The normalized spacial score (nSPS) is 11.2. The molecule has 0 spiro atoms. The molecule has 0 fully saturated rings. The predicted octanol–water partition coefficient (Wildman–Crippen LogP) is 3.77. The molecule has 0 aliphatic carbocycles. The summed E-state index contributed by atoms with van der Waals surface area (Å²) >= 11 is 12.4. The van der Waals surface area contributed by atoms with Gasteiger partial charge in [0.2, 0.25) is 11.8 Å². The molecular weight excluding hydrogens is 387 g/mol. The van der Waals surface area contributed by atoms with Gasteiger partial charge in [0, 0.05) is 28.0 Å². The van der Waals surface area contributed by atoms with Crippen molar-refractivity contribution in [2.75, 3.05) is 0 Å². The van der Waals surface area contributed by atoms with Crippen molar-refractivity contribution in [2.45, 2.75) is 40.2 Å². The van der Waals surface area contributed by atoms with Gasteiger partial charge in [0.15, 0.2) is 0 Å². The number of aromatic nitrogens is 1. The number of rotatable bonds is 6. The van der Waals surface area contributed by atoms with Crippen LogP contribution in [0.4, 0.5) is 0 Å². The lowest BCUT2D eigenvalue weighted by atomic mass is 10.2. The van der Waals surface area contributed by atoms with E-state index in [0.29, 0.717) is 10.0 Å². The van der Waals surface area contributed by atoms with E-state index in [1.54, 1.807) is 18.2 Å². The van der Waals surface area contributed by atoms with Crippen LogP contribution in [0.15, 0.2) is 29.4 Å². The van der Waals surface area contributed by atoms with Gasteiger partial charge in [-0.3, -0.25) is 9.59 Å². The van der Waals surface area contributed by atoms with E-state index in [4.69, 9.17) is 23.2 Å². The van der Waals surface area contributed by atoms with E-state index in [2.05, 4.69) is 15.8 Å². The molecule has 0 unspecified atom stereocenters.